The Labute approximate surface area is 119 Å². The molecule has 0 saturated heterocycles. The van der Waals surface area contributed by atoms with E-state index in [0.717, 1.165) is 21.6 Å². The molecule has 2 aromatic rings. The molecule has 2 aromatic heterocycles. The molecule has 0 radical (unpaired) electrons. The number of pyridine rings is 1. The van der Waals surface area contributed by atoms with Crippen molar-refractivity contribution >= 4 is 27.5 Å². The van der Waals surface area contributed by atoms with Crippen LogP contribution in [0, 0.1) is 0 Å². The summed E-state index contributed by atoms with van der Waals surface area (Å²) in [6.07, 6.45) is 6.63. The van der Waals surface area contributed by atoms with Crippen LogP contribution in [0.2, 0.25) is 5.15 Å². The first-order valence-electron chi connectivity index (χ1n) is 5.85. The monoisotopic (exact) mass is 323 g/mol. The average Bonchev–Trinajstić information content (AvgIpc) is 3.19. The van der Waals surface area contributed by atoms with E-state index in [2.05, 4.69) is 30.9 Å². The predicted octanol–water partition coefficient (Wildman–Crippen LogP) is 3.76. The molecule has 3 nitrogen and oxygen atoms in total. The maximum Gasteiger partial charge on any atom is 0.147 e. The van der Waals surface area contributed by atoms with E-state index in [-0.39, 0.29) is 0 Å². The molecule has 0 spiro atoms. The van der Waals surface area contributed by atoms with E-state index in [1.54, 1.807) is 12.4 Å². The Hall–Kier alpha value is -1.00. The van der Waals surface area contributed by atoms with E-state index in [9.17, 15) is 0 Å². The number of rotatable bonds is 3. The van der Waals surface area contributed by atoms with Gasteiger partial charge in [0.1, 0.15) is 11.0 Å². The number of aromatic nitrogens is 3. The molecule has 1 fully saturated rings. The van der Waals surface area contributed by atoms with Crippen LogP contribution in [-0.2, 0) is 6.42 Å². The SMILES string of the molecule is Clc1nc(Cc2ccncc2)nc(C2CC2)c1Br. The zero-order valence-electron chi connectivity index (χ0n) is 9.61. The highest BCUT2D eigenvalue weighted by molar-refractivity contribution is 9.10. The van der Waals surface area contributed by atoms with Crippen molar-refractivity contribution in [3.05, 3.63) is 51.2 Å². The Morgan fingerprint density at radius 1 is 1.22 bits per heavy atom. The Morgan fingerprint density at radius 3 is 2.61 bits per heavy atom. The van der Waals surface area contributed by atoms with Gasteiger partial charge >= 0.3 is 0 Å². The van der Waals surface area contributed by atoms with E-state index >= 15 is 0 Å². The summed E-state index contributed by atoms with van der Waals surface area (Å²) >= 11 is 9.62. The lowest BCUT2D eigenvalue weighted by Gasteiger charge is -2.07. The van der Waals surface area contributed by atoms with Crippen molar-refractivity contribution in [1.29, 1.82) is 0 Å². The molecule has 2 heterocycles. The summed E-state index contributed by atoms with van der Waals surface area (Å²) in [6, 6.07) is 3.94. The number of hydrogen-bond acceptors (Lipinski definition) is 3. The van der Waals surface area contributed by atoms with Crippen molar-refractivity contribution in [1.82, 2.24) is 15.0 Å². The van der Waals surface area contributed by atoms with Crippen LogP contribution in [0.3, 0.4) is 0 Å². The van der Waals surface area contributed by atoms with Crippen LogP contribution in [0.25, 0.3) is 0 Å². The minimum Gasteiger partial charge on any atom is -0.265 e. The maximum atomic E-state index is 6.15. The summed E-state index contributed by atoms with van der Waals surface area (Å²) in [6.45, 7) is 0. The fourth-order valence-electron chi connectivity index (χ4n) is 1.87. The van der Waals surface area contributed by atoms with Gasteiger partial charge in [-0.2, -0.15) is 0 Å². The van der Waals surface area contributed by atoms with E-state index in [4.69, 9.17) is 11.6 Å². The molecule has 0 atom stereocenters. The summed E-state index contributed by atoms with van der Waals surface area (Å²) in [5, 5.41) is 0.510. The van der Waals surface area contributed by atoms with Gasteiger partial charge in [-0.15, -0.1) is 0 Å². The number of hydrogen-bond donors (Lipinski definition) is 0. The smallest absolute Gasteiger partial charge is 0.147 e. The van der Waals surface area contributed by atoms with Crippen molar-refractivity contribution in [2.45, 2.75) is 25.2 Å². The minimum atomic E-state index is 0.510. The van der Waals surface area contributed by atoms with Crippen molar-refractivity contribution in [3.63, 3.8) is 0 Å². The highest BCUT2D eigenvalue weighted by Crippen LogP contribution is 2.43. The third-order valence-electron chi connectivity index (χ3n) is 2.96. The molecule has 0 unspecified atom stereocenters. The van der Waals surface area contributed by atoms with Gasteiger partial charge in [-0.3, -0.25) is 4.98 Å². The van der Waals surface area contributed by atoms with Gasteiger partial charge in [0.25, 0.3) is 0 Å². The van der Waals surface area contributed by atoms with Crippen LogP contribution in [0.4, 0.5) is 0 Å². The van der Waals surface area contributed by atoms with Crippen molar-refractivity contribution in [3.8, 4) is 0 Å². The van der Waals surface area contributed by atoms with Crippen LogP contribution in [0.1, 0.15) is 35.8 Å². The quantitative estimate of drug-likeness (QED) is 0.807. The Bertz CT molecular complexity index is 570. The molecule has 5 heteroatoms. The van der Waals surface area contributed by atoms with Crippen LogP contribution >= 0.6 is 27.5 Å². The highest BCUT2D eigenvalue weighted by Gasteiger charge is 2.29. The van der Waals surface area contributed by atoms with E-state index in [1.165, 1.54) is 12.8 Å². The second kappa shape index (κ2) is 4.94. The van der Waals surface area contributed by atoms with E-state index in [0.29, 0.717) is 17.5 Å². The van der Waals surface area contributed by atoms with Gasteiger partial charge < -0.3 is 0 Å². The summed E-state index contributed by atoms with van der Waals surface area (Å²) in [5.41, 5.74) is 2.20. The molecule has 1 aliphatic carbocycles. The summed E-state index contributed by atoms with van der Waals surface area (Å²) in [7, 11) is 0. The molecule has 92 valence electrons. The Morgan fingerprint density at radius 2 is 1.94 bits per heavy atom. The molecule has 0 aliphatic heterocycles. The molecule has 0 N–H and O–H groups in total. The molecule has 0 amide bonds. The van der Waals surface area contributed by atoms with Gasteiger partial charge in [-0.25, -0.2) is 9.97 Å². The third-order valence-corrected chi connectivity index (χ3v) is 4.24. The van der Waals surface area contributed by atoms with Gasteiger partial charge in [-0.05, 0) is 46.5 Å². The second-order valence-corrected chi connectivity index (χ2v) is 5.59. The predicted molar refractivity (Wildman–Crippen MR) is 73.8 cm³/mol. The van der Waals surface area contributed by atoms with Crippen molar-refractivity contribution in [2.75, 3.05) is 0 Å². The third kappa shape index (κ3) is 2.54. The Balaban J connectivity index is 1.93. The summed E-state index contributed by atoms with van der Waals surface area (Å²) in [5.74, 6) is 1.33. The van der Waals surface area contributed by atoms with Crippen LogP contribution in [0.5, 0.6) is 0 Å². The standard InChI is InChI=1S/C13H11BrClN3/c14-11-12(9-1-2-9)17-10(18-13(11)15)7-8-3-5-16-6-4-8/h3-6,9H,1-2,7H2. The molecular weight excluding hydrogens is 314 g/mol. The first-order valence-corrected chi connectivity index (χ1v) is 7.02. The Kier molecular flexibility index (Phi) is 3.31. The zero-order valence-corrected chi connectivity index (χ0v) is 11.9. The second-order valence-electron chi connectivity index (χ2n) is 4.44. The molecule has 1 saturated carbocycles. The first-order chi connectivity index (χ1) is 8.74. The van der Waals surface area contributed by atoms with Gasteiger partial charge in [0.05, 0.1) is 10.2 Å². The van der Waals surface area contributed by atoms with Crippen LogP contribution < -0.4 is 0 Å². The lowest BCUT2D eigenvalue weighted by atomic mass is 10.2. The van der Waals surface area contributed by atoms with Gasteiger partial charge in [-0.1, -0.05) is 11.6 Å². The minimum absolute atomic E-state index is 0.510. The fraction of sp³-hybridized carbons (Fsp3) is 0.308. The molecular formula is C13H11BrClN3. The van der Waals surface area contributed by atoms with Crippen molar-refractivity contribution < 1.29 is 0 Å². The molecule has 0 aromatic carbocycles. The molecule has 1 aliphatic rings. The largest absolute Gasteiger partial charge is 0.265 e. The number of halogens is 2. The number of nitrogens with zero attached hydrogens (tertiary/aromatic N) is 3. The van der Waals surface area contributed by atoms with E-state index < -0.39 is 0 Å². The van der Waals surface area contributed by atoms with Crippen LogP contribution in [-0.4, -0.2) is 15.0 Å². The lowest BCUT2D eigenvalue weighted by Crippen LogP contribution is -2.02. The van der Waals surface area contributed by atoms with Gasteiger partial charge in [0.2, 0.25) is 0 Å². The van der Waals surface area contributed by atoms with Crippen LogP contribution in [0.15, 0.2) is 29.0 Å². The fourth-order valence-corrected chi connectivity index (χ4v) is 2.57. The molecule has 0 bridgehead atoms. The lowest BCUT2D eigenvalue weighted by molar-refractivity contribution is 0.889. The molecule has 18 heavy (non-hydrogen) atoms. The highest BCUT2D eigenvalue weighted by atomic mass is 79.9. The average molecular weight is 325 g/mol. The van der Waals surface area contributed by atoms with Crippen molar-refractivity contribution in [2.24, 2.45) is 0 Å². The first kappa shape index (κ1) is 12.1. The van der Waals surface area contributed by atoms with Gasteiger partial charge in [0, 0.05) is 24.7 Å². The van der Waals surface area contributed by atoms with E-state index in [1.807, 2.05) is 12.1 Å². The normalized spacial score (nSPS) is 14.8. The van der Waals surface area contributed by atoms with Gasteiger partial charge in [0.15, 0.2) is 0 Å². The summed E-state index contributed by atoms with van der Waals surface area (Å²) in [4.78, 5) is 13.0. The summed E-state index contributed by atoms with van der Waals surface area (Å²) < 4.78 is 0.852. The topological polar surface area (TPSA) is 38.7 Å². The zero-order chi connectivity index (χ0) is 12.5. The maximum absolute atomic E-state index is 6.15. The molecule has 3 rings (SSSR count).